The SMILES string of the molecule is Cc1ccc(N=C2NN=C(c3cccc(Br)c3)CS2)cc1. The Kier molecular flexibility index (Phi) is 4.41. The third-order valence-electron chi connectivity index (χ3n) is 3.05. The molecule has 1 heterocycles. The maximum absolute atomic E-state index is 4.56. The molecule has 0 fully saturated rings. The monoisotopic (exact) mass is 359 g/mol. The van der Waals surface area contributed by atoms with Crippen LogP contribution in [0, 0.1) is 6.92 Å². The summed E-state index contributed by atoms with van der Waals surface area (Å²) in [6, 6.07) is 16.3. The first kappa shape index (κ1) is 14.4. The number of nitrogens with zero attached hydrogens (tertiary/aromatic N) is 2. The van der Waals surface area contributed by atoms with Crippen LogP contribution >= 0.6 is 27.7 Å². The Labute approximate surface area is 136 Å². The van der Waals surface area contributed by atoms with E-state index in [4.69, 9.17) is 0 Å². The van der Waals surface area contributed by atoms with Crippen molar-refractivity contribution in [3.05, 3.63) is 64.1 Å². The predicted molar refractivity (Wildman–Crippen MR) is 94.5 cm³/mol. The van der Waals surface area contributed by atoms with E-state index in [9.17, 15) is 0 Å². The summed E-state index contributed by atoms with van der Waals surface area (Å²) in [7, 11) is 0. The summed E-state index contributed by atoms with van der Waals surface area (Å²) in [4.78, 5) is 4.56. The second kappa shape index (κ2) is 6.45. The first-order valence-electron chi connectivity index (χ1n) is 6.57. The molecule has 0 bridgehead atoms. The lowest BCUT2D eigenvalue weighted by molar-refractivity contribution is 1.03. The third-order valence-corrected chi connectivity index (χ3v) is 4.42. The van der Waals surface area contributed by atoms with E-state index >= 15 is 0 Å². The van der Waals surface area contributed by atoms with Gasteiger partial charge in [0.1, 0.15) is 0 Å². The lowest BCUT2D eigenvalue weighted by atomic mass is 10.1. The normalized spacial score (nSPS) is 16.5. The van der Waals surface area contributed by atoms with Gasteiger partial charge in [0, 0.05) is 10.2 Å². The molecule has 0 saturated heterocycles. The van der Waals surface area contributed by atoms with Crippen LogP contribution in [0.3, 0.4) is 0 Å². The molecular formula is C16H14BrN3S. The molecule has 0 aromatic heterocycles. The molecule has 5 heteroatoms. The van der Waals surface area contributed by atoms with Gasteiger partial charge in [0.15, 0.2) is 5.17 Å². The molecule has 0 aliphatic carbocycles. The van der Waals surface area contributed by atoms with Gasteiger partial charge < -0.3 is 0 Å². The molecule has 1 aliphatic heterocycles. The van der Waals surface area contributed by atoms with Crippen LogP contribution < -0.4 is 5.43 Å². The standard InChI is InChI=1S/C16H14BrN3S/c1-11-5-7-14(8-6-11)18-16-20-19-15(10-21-16)12-3-2-4-13(17)9-12/h2-9H,10H2,1H3,(H,18,20). The van der Waals surface area contributed by atoms with Gasteiger partial charge in [-0.05, 0) is 36.8 Å². The fourth-order valence-electron chi connectivity index (χ4n) is 1.93. The number of hydrogen-bond acceptors (Lipinski definition) is 3. The first-order valence-corrected chi connectivity index (χ1v) is 8.35. The molecule has 106 valence electrons. The van der Waals surface area contributed by atoms with Crippen molar-refractivity contribution in [2.75, 3.05) is 5.75 Å². The number of amidine groups is 1. The number of hydrogen-bond donors (Lipinski definition) is 1. The van der Waals surface area contributed by atoms with Crippen LogP contribution in [0.1, 0.15) is 11.1 Å². The Bertz CT molecular complexity index is 708. The Morgan fingerprint density at radius 3 is 2.67 bits per heavy atom. The fourth-order valence-corrected chi connectivity index (χ4v) is 3.11. The Hall–Kier alpha value is -1.59. The van der Waals surface area contributed by atoms with E-state index in [2.05, 4.69) is 62.6 Å². The summed E-state index contributed by atoms with van der Waals surface area (Å²) in [6.07, 6.45) is 0. The van der Waals surface area contributed by atoms with E-state index in [1.165, 1.54) is 5.56 Å². The van der Waals surface area contributed by atoms with Crippen molar-refractivity contribution in [1.82, 2.24) is 5.43 Å². The van der Waals surface area contributed by atoms with Crippen LogP contribution in [0.4, 0.5) is 5.69 Å². The smallest absolute Gasteiger partial charge is 0.182 e. The number of aryl methyl sites for hydroxylation is 1. The molecule has 1 aliphatic rings. The van der Waals surface area contributed by atoms with E-state index in [0.29, 0.717) is 0 Å². The van der Waals surface area contributed by atoms with Gasteiger partial charge in [-0.15, -0.1) is 0 Å². The number of halogens is 1. The lowest BCUT2D eigenvalue weighted by Crippen LogP contribution is -2.25. The summed E-state index contributed by atoms with van der Waals surface area (Å²) in [5.41, 5.74) is 7.37. The zero-order valence-electron chi connectivity index (χ0n) is 11.5. The number of thioether (sulfide) groups is 1. The fraction of sp³-hybridized carbons (Fsp3) is 0.125. The minimum atomic E-state index is 0.814. The molecule has 0 amide bonds. The van der Waals surface area contributed by atoms with Crippen LogP contribution in [0.15, 0.2) is 63.1 Å². The number of hydrazone groups is 1. The summed E-state index contributed by atoms with van der Waals surface area (Å²) in [5, 5.41) is 5.26. The van der Waals surface area contributed by atoms with E-state index in [-0.39, 0.29) is 0 Å². The van der Waals surface area contributed by atoms with Gasteiger partial charge in [-0.2, -0.15) is 5.10 Å². The quantitative estimate of drug-likeness (QED) is 0.857. The number of aliphatic imine (C=N–C) groups is 1. The van der Waals surface area contributed by atoms with E-state index in [0.717, 1.165) is 32.4 Å². The topological polar surface area (TPSA) is 36.8 Å². The van der Waals surface area contributed by atoms with Crippen molar-refractivity contribution < 1.29 is 0 Å². The Morgan fingerprint density at radius 2 is 2.00 bits per heavy atom. The molecule has 0 atom stereocenters. The zero-order valence-corrected chi connectivity index (χ0v) is 13.9. The zero-order chi connectivity index (χ0) is 14.7. The minimum Gasteiger partial charge on any atom is -0.255 e. The Morgan fingerprint density at radius 1 is 1.19 bits per heavy atom. The predicted octanol–water partition coefficient (Wildman–Crippen LogP) is 4.49. The van der Waals surface area contributed by atoms with Gasteiger partial charge in [0.25, 0.3) is 0 Å². The van der Waals surface area contributed by atoms with Crippen molar-refractivity contribution in [2.24, 2.45) is 10.1 Å². The van der Waals surface area contributed by atoms with E-state index in [1.807, 2.05) is 24.3 Å². The van der Waals surface area contributed by atoms with Gasteiger partial charge in [0.05, 0.1) is 11.4 Å². The number of rotatable bonds is 2. The second-order valence-electron chi connectivity index (χ2n) is 4.72. The van der Waals surface area contributed by atoms with E-state index in [1.54, 1.807) is 11.8 Å². The van der Waals surface area contributed by atoms with Gasteiger partial charge in [-0.25, -0.2) is 4.99 Å². The highest BCUT2D eigenvalue weighted by molar-refractivity contribution is 9.10. The van der Waals surface area contributed by atoms with E-state index < -0.39 is 0 Å². The highest BCUT2D eigenvalue weighted by Gasteiger charge is 2.13. The minimum absolute atomic E-state index is 0.814. The average molecular weight is 360 g/mol. The molecular weight excluding hydrogens is 346 g/mol. The van der Waals surface area contributed by atoms with Crippen LogP contribution in [-0.4, -0.2) is 16.6 Å². The maximum Gasteiger partial charge on any atom is 0.182 e. The summed E-state index contributed by atoms with van der Waals surface area (Å²) >= 11 is 5.15. The molecule has 2 aromatic rings. The van der Waals surface area contributed by atoms with Gasteiger partial charge in [0.2, 0.25) is 0 Å². The summed E-state index contributed by atoms with van der Waals surface area (Å²) in [6.45, 7) is 2.07. The maximum atomic E-state index is 4.56. The van der Waals surface area contributed by atoms with Gasteiger partial charge in [-0.1, -0.05) is 57.5 Å². The van der Waals surface area contributed by atoms with Crippen molar-refractivity contribution >= 4 is 44.3 Å². The number of nitrogens with one attached hydrogen (secondary N) is 1. The first-order chi connectivity index (χ1) is 10.2. The molecule has 0 unspecified atom stereocenters. The third kappa shape index (κ3) is 3.74. The second-order valence-corrected chi connectivity index (χ2v) is 6.60. The van der Waals surface area contributed by atoms with Gasteiger partial charge in [-0.3, -0.25) is 5.43 Å². The van der Waals surface area contributed by atoms with Gasteiger partial charge >= 0.3 is 0 Å². The van der Waals surface area contributed by atoms with Crippen molar-refractivity contribution in [2.45, 2.75) is 6.92 Å². The lowest BCUT2D eigenvalue weighted by Gasteiger charge is -2.15. The molecule has 3 nitrogen and oxygen atoms in total. The highest BCUT2D eigenvalue weighted by atomic mass is 79.9. The molecule has 0 saturated carbocycles. The summed E-state index contributed by atoms with van der Waals surface area (Å²) < 4.78 is 1.06. The van der Waals surface area contributed by atoms with Crippen molar-refractivity contribution in [3.8, 4) is 0 Å². The number of benzene rings is 2. The largest absolute Gasteiger partial charge is 0.255 e. The van der Waals surface area contributed by atoms with Crippen molar-refractivity contribution in [1.29, 1.82) is 0 Å². The molecule has 21 heavy (non-hydrogen) atoms. The average Bonchev–Trinajstić information content (AvgIpc) is 2.50. The highest BCUT2D eigenvalue weighted by Crippen LogP contribution is 2.20. The molecule has 0 radical (unpaired) electrons. The van der Waals surface area contributed by atoms with Crippen LogP contribution in [-0.2, 0) is 0 Å². The van der Waals surface area contributed by atoms with Crippen molar-refractivity contribution in [3.63, 3.8) is 0 Å². The van der Waals surface area contributed by atoms with Crippen LogP contribution in [0.5, 0.6) is 0 Å². The molecule has 3 rings (SSSR count). The molecule has 2 aromatic carbocycles. The molecule has 1 N–H and O–H groups in total. The van der Waals surface area contributed by atoms with Crippen LogP contribution in [0.25, 0.3) is 0 Å². The molecule has 0 spiro atoms. The Balaban J connectivity index is 1.75. The summed E-state index contributed by atoms with van der Waals surface area (Å²) in [5.74, 6) is 0.814. The van der Waals surface area contributed by atoms with Crippen LogP contribution in [0.2, 0.25) is 0 Å².